The molecule has 21 heavy (non-hydrogen) atoms. The fourth-order valence-electron chi connectivity index (χ4n) is 2.83. The Kier molecular flexibility index (Phi) is 4.25. The number of benzene rings is 1. The summed E-state index contributed by atoms with van der Waals surface area (Å²) in [5, 5.41) is 14.1. The van der Waals surface area contributed by atoms with E-state index in [1.54, 1.807) is 6.92 Å². The van der Waals surface area contributed by atoms with Crippen LogP contribution in [-0.4, -0.2) is 14.9 Å². The number of aliphatic hydroxyl groups excluding tert-OH is 1. The zero-order valence-electron chi connectivity index (χ0n) is 12.4. The first-order chi connectivity index (χ1) is 10.2. The highest BCUT2D eigenvalue weighted by Crippen LogP contribution is 2.28. The van der Waals surface area contributed by atoms with Crippen molar-refractivity contribution in [2.75, 3.05) is 0 Å². The molecular weight excluding hydrogens is 264 g/mol. The molecule has 1 aliphatic rings. The Hall–Kier alpha value is -1.81. The van der Waals surface area contributed by atoms with Gasteiger partial charge in [-0.25, -0.2) is 0 Å². The van der Waals surface area contributed by atoms with Gasteiger partial charge in [0.25, 0.3) is 0 Å². The molecule has 1 fully saturated rings. The Morgan fingerprint density at radius 1 is 1.24 bits per heavy atom. The maximum atomic E-state index is 9.48. The Morgan fingerprint density at radius 2 is 1.95 bits per heavy atom. The van der Waals surface area contributed by atoms with Crippen LogP contribution in [0.4, 0.5) is 0 Å². The molecule has 1 N–H and O–H groups in total. The third kappa shape index (κ3) is 3.45. The third-order valence-electron chi connectivity index (χ3n) is 4.11. The van der Waals surface area contributed by atoms with Crippen molar-refractivity contribution < 1.29 is 9.84 Å². The number of aliphatic hydroxyl groups is 1. The molecule has 112 valence electrons. The molecular formula is C17H22N2O2. The van der Waals surface area contributed by atoms with Crippen LogP contribution in [-0.2, 0) is 6.61 Å². The van der Waals surface area contributed by atoms with Gasteiger partial charge in [-0.05, 0) is 43.5 Å². The van der Waals surface area contributed by atoms with Crippen molar-refractivity contribution in [3.63, 3.8) is 0 Å². The molecule has 0 amide bonds. The number of nitrogens with zero attached hydrogens (tertiary/aromatic N) is 2. The van der Waals surface area contributed by atoms with Crippen LogP contribution in [0.5, 0.6) is 5.75 Å². The van der Waals surface area contributed by atoms with E-state index in [1.807, 2.05) is 30.3 Å². The normalized spacial score (nSPS) is 17.0. The maximum Gasteiger partial charge on any atom is 0.132 e. The predicted octanol–water partition coefficient (Wildman–Crippen LogP) is 3.63. The fraction of sp³-hybridized carbons (Fsp3) is 0.471. The molecule has 0 spiro atoms. The van der Waals surface area contributed by atoms with Crippen LogP contribution in [0.25, 0.3) is 0 Å². The highest BCUT2D eigenvalue weighted by molar-refractivity contribution is 5.28. The highest BCUT2D eigenvalue weighted by atomic mass is 16.5. The average Bonchev–Trinajstić information content (AvgIpc) is 3.16. The lowest BCUT2D eigenvalue weighted by molar-refractivity contribution is 0.199. The van der Waals surface area contributed by atoms with Crippen LogP contribution in [0.15, 0.2) is 36.5 Å². The lowest BCUT2D eigenvalue weighted by Gasteiger charge is -2.09. The minimum atomic E-state index is -0.443. The van der Waals surface area contributed by atoms with Gasteiger partial charge in [0.15, 0.2) is 0 Å². The van der Waals surface area contributed by atoms with Gasteiger partial charge in [0.1, 0.15) is 12.4 Å². The monoisotopic (exact) mass is 286 g/mol. The van der Waals surface area contributed by atoms with Crippen LogP contribution in [0, 0.1) is 0 Å². The Morgan fingerprint density at radius 3 is 2.62 bits per heavy atom. The second kappa shape index (κ2) is 6.31. The van der Waals surface area contributed by atoms with Crippen LogP contribution in [0.2, 0.25) is 0 Å². The van der Waals surface area contributed by atoms with Crippen molar-refractivity contribution in [2.45, 2.75) is 51.4 Å². The van der Waals surface area contributed by atoms with Gasteiger partial charge < -0.3 is 9.84 Å². The summed E-state index contributed by atoms with van der Waals surface area (Å²) in [7, 11) is 0. The van der Waals surface area contributed by atoms with Gasteiger partial charge in [0, 0.05) is 6.20 Å². The van der Waals surface area contributed by atoms with Gasteiger partial charge in [0.2, 0.25) is 0 Å². The summed E-state index contributed by atoms with van der Waals surface area (Å²) in [6, 6.07) is 10.1. The largest absolute Gasteiger partial charge is 0.487 e. The van der Waals surface area contributed by atoms with E-state index in [-0.39, 0.29) is 0 Å². The summed E-state index contributed by atoms with van der Waals surface area (Å²) in [5.41, 5.74) is 1.86. The molecule has 0 bridgehead atoms. The zero-order chi connectivity index (χ0) is 14.7. The molecule has 4 heteroatoms. The minimum Gasteiger partial charge on any atom is -0.487 e. The smallest absolute Gasteiger partial charge is 0.132 e. The van der Waals surface area contributed by atoms with E-state index in [0.29, 0.717) is 12.6 Å². The van der Waals surface area contributed by atoms with E-state index < -0.39 is 6.10 Å². The molecule has 1 heterocycles. The van der Waals surface area contributed by atoms with Crippen molar-refractivity contribution in [2.24, 2.45) is 0 Å². The molecule has 1 aliphatic carbocycles. The Labute approximate surface area is 125 Å². The molecule has 0 saturated heterocycles. The van der Waals surface area contributed by atoms with Gasteiger partial charge in [-0.3, -0.25) is 4.68 Å². The zero-order valence-corrected chi connectivity index (χ0v) is 12.4. The number of aromatic nitrogens is 2. The summed E-state index contributed by atoms with van der Waals surface area (Å²) < 4.78 is 7.83. The molecule has 4 nitrogen and oxygen atoms in total. The summed E-state index contributed by atoms with van der Waals surface area (Å²) in [4.78, 5) is 0. The van der Waals surface area contributed by atoms with Crippen molar-refractivity contribution in [1.82, 2.24) is 9.78 Å². The first-order valence-corrected chi connectivity index (χ1v) is 7.67. The standard InChI is InChI=1S/C17H22N2O2/c1-13(20)14-6-8-17(9-7-14)21-12-15-10-11-19(18-15)16-4-2-3-5-16/h6-11,13,16,20H,2-5,12H2,1H3/t13-/m1/s1. The third-order valence-corrected chi connectivity index (χ3v) is 4.11. The van der Waals surface area contributed by atoms with E-state index in [1.165, 1.54) is 25.7 Å². The Balaban J connectivity index is 1.57. The molecule has 3 rings (SSSR count). The van der Waals surface area contributed by atoms with E-state index >= 15 is 0 Å². The quantitative estimate of drug-likeness (QED) is 0.913. The van der Waals surface area contributed by atoms with Crippen molar-refractivity contribution in [3.05, 3.63) is 47.8 Å². The molecule has 0 radical (unpaired) electrons. The van der Waals surface area contributed by atoms with E-state index in [2.05, 4.69) is 16.0 Å². The number of ether oxygens (including phenoxy) is 1. The summed E-state index contributed by atoms with van der Waals surface area (Å²) in [6.07, 6.45) is 6.72. The lowest BCUT2D eigenvalue weighted by atomic mass is 10.1. The van der Waals surface area contributed by atoms with Gasteiger partial charge in [-0.15, -0.1) is 0 Å². The number of hydrogen-bond acceptors (Lipinski definition) is 3. The fourth-order valence-corrected chi connectivity index (χ4v) is 2.83. The van der Waals surface area contributed by atoms with E-state index in [4.69, 9.17) is 4.74 Å². The van der Waals surface area contributed by atoms with Gasteiger partial charge in [-0.1, -0.05) is 25.0 Å². The second-order valence-corrected chi connectivity index (χ2v) is 5.76. The number of hydrogen-bond donors (Lipinski definition) is 1. The second-order valence-electron chi connectivity index (χ2n) is 5.76. The Bertz CT molecular complexity index is 569. The topological polar surface area (TPSA) is 47.3 Å². The van der Waals surface area contributed by atoms with Gasteiger partial charge in [0.05, 0.1) is 17.8 Å². The van der Waals surface area contributed by atoms with Crippen molar-refractivity contribution in [3.8, 4) is 5.75 Å². The molecule has 1 saturated carbocycles. The minimum absolute atomic E-state index is 0.443. The first-order valence-electron chi connectivity index (χ1n) is 7.67. The molecule has 1 aromatic heterocycles. The van der Waals surface area contributed by atoms with Crippen LogP contribution in [0.1, 0.15) is 56.0 Å². The lowest BCUT2D eigenvalue weighted by Crippen LogP contribution is -2.06. The summed E-state index contributed by atoms with van der Waals surface area (Å²) in [5.74, 6) is 0.801. The van der Waals surface area contributed by atoms with E-state index in [9.17, 15) is 5.11 Å². The van der Waals surface area contributed by atoms with Gasteiger partial charge in [-0.2, -0.15) is 5.10 Å². The maximum absolute atomic E-state index is 9.48. The van der Waals surface area contributed by atoms with Crippen molar-refractivity contribution >= 4 is 0 Å². The predicted molar refractivity (Wildman–Crippen MR) is 81.1 cm³/mol. The summed E-state index contributed by atoms with van der Waals surface area (Å²) in [6.45, 7) is 2.24. The molecule has 0 aliphatic heterocycles. The number of rotatable bonds is 5. The highest BCUT2D eigenvalue weighted by Gasteiger charge is 2.17. The first kappa shape index (κ1) is 14.1. The summed E-state index contributed by atoms with van der Waals surface area (Å²) >= 11 is 0. The molecule has 2 aromatic rings. The van der Waals surface area contributed by atoms with Crippen LogP contribution < -0.4 is 4.74 Å². The van der Waals surface area contributed by atoms with Gasteiger partial charge >= 0.3 is 0 Å². The average molecular weight is 286 g/mol. The molecule has 1 atom stereocenters. The van der Waals surface area contributed by atoms with Crippen molar-refractivity contribution in [1.29, 1.82) is 0 Å². The van der Waals surface area contributed by atoms with Crippen LogP contribution >= 0.6 is 0 Å². The molecule has 1 aromatic carbocycles. The van der Waals surface area contributed by atoms with Crippen LogP contribution in [0.3, 0.4) is 0 Å². The molecule has 0 unspecified atom stereocenters. The van der Waals surface area contributed by atoms with E-state index in [0.717, 1.165) is 17.0 Å². The SMILES string of the molecule is C[C@@H](O)c1ccc(OCc2ccn(C3CCCC3)n2)cc1.